The minimum atomic E-state index is -0.169. The number of rotatable bonds is 3. The van der Waals surface area contributed by atoms with Crippen molar-refractivity contribution in [1.82, 2.24) is 20.1 Å². The maximum absolute atomic E-state index is 12.5. The number of nitrogens with zero attached hydrogens (tertiary/aromatic N) is 1. The Balaban J connectivity index is 1.57. The van der Waals surface area contributed by atoms with Crippen LogP contribution < -0.4 is 10.9 Å². The van der Waals surface area contributed by atoms with Crippen LogP contribution >= 0.6 is 11.6 Å². The Labute approximate surface area is 147 Å². The SMILES string of the molecule is Cn1c(C(=O)NCc2ccc3c(=O)[nH][nH]c3c2)cc2ccc(Cl)cc21. The number of aromatic amines is 2. The third-order valence-electron chi connectivity index (χ3n) is 4.33. The minimum Gasteiger partial charge on any atom is -0.347 e. The van der Waals surface area contributed by atoms with E-state index in [9.17, 15) is 9.59 Å². The third kappa shape index (κ3) is 2.70. The fourth-order valence-electron chi connectivity index (χ4n) is 2.99. The van der Waals surface area contributed by atoms with Crippen LogP contribution in [0.1, 0.15) is 16.1 Å². The number of halogens is 1. The summed E-state index contributed by atoms with van der Waals surface area (Å²) in [4.78, 5) is 24.1. The van der Waals surface area contributed by atoms with E-state index in [0.29, 0.717) is 22.6 Å². The highest BCUT2D eigenvalue weighted by Crippen LogP contribution is 2.22. The lowest BCUT2D eigenvalue weighted by atomic mass is 10.1. The molecule has 4 rings (SSSR count). The summed E-state index contributed by atoms with van der Waals surface area (Å²) in [6.07, 6.45) is 0. The number of amides is 1. The van der Waals surface area contributed by atoms with E-state index in [1.165, 1.54) is 0 Å². The first-order valence-electron chi connectivity index (χ1n) is 7.75. The van der Waals surface area contributed by atoms with Gasteiger partial charge in [0, 0.05) is 29.5 Å². The Morgan fingerprint density at radius 2 is 2.00 bits per heavy atom. The van der Waals surface area contributed by atoms with Gasteiger partial charge in [-0.3, -0.25) is 19.8 Å². The summed E-state index contributed by atoms with van der Waals surface area (Å²) < 4.78 is 1.82. The average Bonchev–Trinajstić information content (AvgIpc) is 3.13. The van der Waals surface area contributed by atoms with Gasteiger partial charge in [-0.05, 0) is 35.9 Å². The second-order valence-corrected chi connectivity index (χ2v) is 6.37. The highest BCUT2D eigenvalue weighted by Gasteiger charge is 2.13. The minimum absolute atomic E-state index is 0.153. The number of aryl methyl sites for hydroxylation is 1. The first-order valence-corrected chi connectivity index (χ1v) is 8.13. The molecule has 2 aromatic carbocycles. The van der Waals surface area contributed by atoms with Crippen molar-refractivity contribution in [3.8, 4) is 0 Å². The van der Waals surface area contributed by atoms with Gasteiger partial charge in [0.1, 0.15) is 5.69 Å². The van der Waals surface area contributed by atoms with Crippen LogP contribution in [0.2, 0.25) is 5.02 Å². The maximum atomic E-state index is 12.5. The van der Waals surface area contributed by atoms with E-state index < -0.39 is 0 Å². The van der Waals surface area contributed by atoms with E-state index in [1.54, 1.807) is 12.1 Å². The number of nitrogens with one attached hydrogen (secondary N) is 3. The molecule has 6 nitrogen and oxygen atoms in total. The van der Waals surface area contributed by atoms with Crippen molar-refractivity contribution in [3.05, 3.63) is 69.1 Å². The van der Waals surface area contributed by atoms with Crippen molar-refractivity contribution in [1.29, 1.82) is 0 Å². The molecule has 4 aromatic rings. The van der Waals surface area contributed by atoms with Gasteiger partial charge in [0.25, 0.3) is 11.5 Å². The summed E-state index contributed by atoms with van der Waals surface area (Å²) >= 11 is 6.03. The van der Waals surface area contributed by atoms with Crippen LogP contribution in [-0.4, -0.2) is 20.7 Å². The number of aromatic nitrogens is 3. The van der Waals surface area contributed by atoms with E-state index in [-0.39, 0.29) is 11.5 Å². The molecule has 0 atom stereocenters. The smallest absolute Gasteiger partial charge is 0.271 e. The zero-order valence-corrected chi connectivity index (χ0v) is 14.1. The van der Waals surface area contributed by atoms with Crippen molar-refractivity contribution in [2.24, 2.45) is 7.05 Å². The van der Waals surface area contributed by atoms with Crippen LogP contribution in [0.4, 0.5) is 0 Å². The van der Waals surface area contributed by atoms with Gasteiger partial charge < -0.3 is 9.88 Å². The van der Waals surface area contributed by atoms with Crippen molar-refractivity contribution in [3.63, 3.8) is 0 Å². The van der Waals surface area contributed by atoms with Gasteiger partial charge in [-0.1, -0.05) is 23.7 Å². The molecule has 0 spiro atoms. The number of carbonyl (C=O) groups excluding carboxylic acids is 1. The summed E-state index contributed by atoms with van der Waals surface area (Å²) in [6, 6.07) is 12.8. The van der Waals surface area contributed by atoms with Gasteiger partial charge in [-0.25, -0.2) is 0 Å². The zero-order valence-electron chi connectivity index (χ0n) is 13.4. The highest BCUT2D eigenvalue weighted by atomic mass is 35.5. The molecule has 0 radical (unpaired) electrons. The monoisotopic (exact) mass is 354 g/mol. The number of fused-ring (bicyclic) bond motifs is 2. The molecule has 0 saturated carbocycles. The van der Waals surface area contributed by atoms with E-state index in [1.807, 2.05) is 41.9 Å². The van der Waals surface area contributed by atoms with Crippen LogP contribution in [-0.2, 0) is 13.6 Å². The zero-order chi connectivity index (χ0) is 17.6. The van der Waals surface area contributed by atoms with Crippen molar-refractivity contribution < 1.29 is 4.79 Å². The van der Waals surface area contributed by atoms with Gasteiger partial charge in [0.05, 0.1) is 10.9 Å². The summed E-state index contributed by atoms with van der Waals surface area (Å²) in [5.41, 5.74) is 2.94. The lowest BCUT2D eigenvalue weighted by Gasteiger charge is -2.07. The molecular weight excluding hydrogens is 340 g/mol. The normalized spacial score (nSPS) is 11.3. The van der Waals surface area contributed by atoms with Crippen LogP contribution in [0.5, 0.6) is 0 Å². The predicted octanol–water partition coefficient (Wildman–Crippen LogP) is 2.93. The Bertz CT molecular complexity index is 1170. The average molecular weight is 355 g/mol. The van der Waals surface area contributed by atoms with Gasteiger partial charge in [0.2, 0.25) is 0 Å². The first-order chi connectivity index (χ1) is 12.0. The molecule has 0 aliphatic heterocycles. The second-order valence-electron chi connectivity index (χ2n) is 5.93. The van der Waals surface area contributed by atoms with Crippen LogP contribution in [0.3, 0.4) is 0 Å². The molecule has 2 aromatic heterocycles. The molecule has 1 amide bonds. The van der Waals surface area contributed by atoms with E-state index in [2.05, 4.69) is 15.5 Å². The lowest BCUT2D eigenvalue weighted by molar-refractivity contribution is 0.0943. The summed E-state index contributed by atoms with van der Waals surface area (Å²) in [7, 11) is 1.84. The van der Waals surface area contributed by atoms with E-state index >= 15 is 0 Å². The molecule has 7 heteroatoms. The third-order valence-corrected chi connectivity index (χ3v) is 4.57. The van der Waals surface area contributed by atoms with Crippen LogP contribution in [0.15, 0.2) is 47.3 Å². The van der Waals surface area contributed by atoms with Crippen molar-refractivity contribution >= 4 is 39.3 Å². The van der Waals surface area contributed by atoms with Gasteiger partial charge >= 0.3 is 0 Å². The Hall–Kier alpha value is -2.99. The number of hydrogen-bond acceptors (Lipinski definition) is 2. The Morgan fingerprint density at radius 3 is 2.84 bits per heavy atom. The number of benzene rings is 2. The number of hydrogen-bond donors (Lipinski definition) is 3. The topological polar surface area (TPSA) is 82.7 Å². The number of H-pyrrole nitrogens is 2. The largest absolute Gasteiger partial charge is 0.347 e. The second kappa shape index (κ2) is 5.82. The fraction of sp³-hybridized carbons (Fsp3) is 0.111. The molecule has 0 aliphatic carbocycles. The molecule has 0 aliphatic rings. The lowest BCUT2D eigenvalue weighted by Crippen LogP contribution is -2.24. The van der Waals surface area contributed by atoms with Crippen LogP contribution in [0, 0.1) is 0 Å². The molecule has 0 unspecified atom stereocenters. The molecule has 25 heavy (non-hydrogen) atoms. The Morgan fingerprint density at radius 1 is 1.16 bits per heavy atom. The van der Waals surface area contributed by atoms with E-state index in [0.717, 1.165) is 22.0 Å². The van der Waals surface area contributed by atoms with Gasteiger partial charge in [-0.15, -0.1) is 0 Å². The molecule has 0 fully saturated rings. The summed E-state index contributed by atoms with van der Waals surface area (Å²) in [5.74, 6) is -0.169. The Kier molecular flexibility index (Phi) is 3.62. The molecule has 126 valence electrons. The standard InChI is InChI=1S/C18H15ClN4O2/c1-23-15-8-12(19)4-3-11(15)7-16(23)18(25)20-9-10-2-5-13-14(6-10)21-22-17(13)24/h2-8H,9H2,1H3,(H,20,25)(H2,21,22,24). The quantitative estimate of drug-likeness (QED) is 0.528. The summed E-state index contributed by atoms with van der Waals surface area (Å²) in [6.45, 7) is 0.365. The first kappa shape index (κ1) is 15.5. The van der Waals surface area contributed by atoms with E-state index in [4.69, 9.17) is 11.6 Å². The van der Waals surface area contributed by atoms with Crippen molar-refractivity contribution in [2.45, 2.75) is 6.54 Å². The summed E-state index contributed by atoms with van der Waals surface area (Å²) in [5, 5.41) is 10.5. The maximum Gasteiger partial charge on any atom is 0.271 e. The molecule has 0 bridgehead atoms. The molecule has 0 saturated heterocycles. The van der Waals surface area contributed by atoms with Crippen molar-refractivity contribution in [2.75, 3.05) is 0 Å². The molecule has 2 heterocycles. The molecule has 3 N–H and O–H groups in total. The highest BCUT2D eigenvalue weighted by molar-refractivity contribution is 6.31. The fourth-order valence-corrected chi connectivity index (χ4v) is 3.15. The van der Waals surface area contributed by atoms with Gasteiger partial charge in [0.15, 0.2) is 0 Å². The van der Waals surface area contributed by atoms with Gasteiger partial charge in [-0.2, -0.15) is 0 Å². The number of carbonyl (C=O) groups is 1. The van der Waals surface area contributed by atoms with Crippen LogP contribution in [0.25, 0.3) is 21.8 Å². The predicted molar refractivity (Wildman–Crippen MR) is 98.0 cm³/mol. The molecular formula is C18H15ClN4O2.